The quantitative estimate of drug-likeness (QED) is 0.525. The van der Waals surface area contributed by atoms with Crippen molar-refractivity contribution in [3.63, 3.8) is 0 Å². The van der Waals surface area contributed by atoms with Crippen LogP contribution in [0, 0.1) is 5.82 Å². The molecule has 0 saturated heterocycles. The van der Waals surface area contributed by atoms with Crippen LogP contribution < -0.4 is 5.32 Å². The molecule has 23 heavy (non-hydrogen) atoms. The van der Waals surface area contributed by atoms with Crippen LogP contribution in [0.3, 0.4) is 0 Å². The number of carbonyl (C=O) groups is 1. The molecule has 2 aromatic heterocycles. The van der Waals surface area contributed by atoms with Gasteiger partial charge in [-0.1, -0.05) is 47.4 Å². The van der Waals surface area contributed by atoms with Crippen molar-refractivity contribution in [2.75, 3.05) is 5.32 Å². The van der Waals surface area contributed by atoms with Crippen LogP contribution in [0.2, 0.25) is 0 Å². The topological polar surface area (TPSA) is 54.9 Å². The van der Waals surface area contributed by atoms with Crippen LogP contribution in [0.15, 0.2) is 46.1 Å². The van der Waals surface area contributed by atoms with Gasteiger partial charge in [0.25, 0.3) is 0 Å². The largest absolute Gasteiger partial charge is 0.300 e. The summed E-state index contributed by atoms with van der Waals surface area (Å²) >= 11 is 4.59. The van der Waals surface area contributed by atoms with Gasteiger partial charge in [-0.15, -0.1) is 21.5 Å². The van der Waals surface area contributed by atoms with Crippen LogP contribution in [0.25, 0.3) is 0 Å². The highest BCUT2D eigenvalue weighted by Gasteiger charge is 2.11. The first-order chi connectivity index (χ1) is 11.2. The number of aromatic nitrogens is 2. The third-order valence-electron chi connectivity index (χ3n) is 2.88. The lowest BCUT2D eigenvalue weighted by Gasteiger charge is -2.02. The monoisotopic (exact) mass is 365 g/mol. The first-order valence-electron chi connectivity index (χ1n) is 6.72. The maximum atomic E-state index is 13.5. The summed E-state index contributed by atoms with van der Waals surface area (Å²) in [6.45, 7) is 0. The molecule has 1 N–H and O–H groups in total. The van der Waals surface area contributed by atoms with Crippen molar-refractivity contribution in [2.24, 2.45) is 0 Å². The molecule has 0 bridgehead atoms. The van der Waals surface area contributed by atoms with E-state index in [1.165, 1.54) is 22.3 Å². The second-order valence-corrected chi connectivity index (χ2v) is 7.79. The smallest absolute Gasteiger partial charge is 0.230 e. The zero-order valence-electron chi connectivity index (χ0n) is 11.9. The van der Waals surface area contributed by atoms with Gasteiger partial charge in [-0.05, 0) is 23.1 Å². The van der Waals surface area contributed by atoms with Gasteiger partial charge in [-0.25, -0.2) is 4.39 Å². The van der Waals surface area contributed by atoms with Crippen molar-refractivity contribution in [3.8, 4) is 0 Å². The fraction of sp³-hybridized carbons (Fsp3) is 0.133. The molecule has 118 valence electrons. The predicted molar refractivity (Wildman–Crippen MR) is 92.5 cm³/mol. The van der Waals surface area contributed by atoms with Gasteiger partial charge < -0.3 is 5.32 Å². The average Bonchev–Trinajstić information content (AvgIpc) is 3.19. The van der Waals surface area contributed by atoms with Crippen LogP contribution in [0.1, 0.15) is 10.4 Å². The molecule has 3 rings (SSSR count). The minimum atomic E-state index is -0.382. The highest BCUT2D eigenvalue weighted by molar-refractivity contribution is 8.00. The van der Waals surface area contributed by atoms with Gasteiger partial charge in [0, 0.05) is 10.6 Å². The number of amides is 1. The Labute approximate surface area is 144 Å². The normalized spacial score (nSPS) is 10.7. The molecule has 0 radical (unpaired) electrons. The Balaban J connectivity index is 1.54. The average molecular weight is 365 g/mol. The summed E-state index contributed by atoms with van der Waals surface area (Å²) in [5, 5.41) is 13.1. The minimum absolute atomic E-state index is 0.0239. The summed E-state index contributed by atoms with van der Waals surface area (Å²) in [6, 6.07) is 10.3. The number of anilines is 1. The van der Waals surface area contributed by atoms with E-state index in [9.17, 15) is 9.18 Å². The van der Waals surface area contributed by atoms with E-state index in [0.29, 0.717) is 10.7 Å². The molecule has 1 aromatic carbocycles. The van der Waals surface area contributed by atoms with Gasteiger partial charge in [0.2, 0.25) is 11.0 Å². The lowest BCUT2D eigenvalue weighted by Crippen LogP contribution is -2.15. The molecular weight excluding hydrogens is 353 g/mol. The molecule has 0 aliphatic rings. The zero-order chi connectivity index (χ0) is 16.1. The molecule has 1 amide bonds. The molecule has 0 aliphatic carbocycles. The third-order valence-corrected chi connectivity index (χ3v) is 5.96. The Hall–Kier alpha value is -1.77. The van der Waals surface area contributed by atoms with Crippen molar-refractivity contribution in [2.45, 2.75) is 16.5 Å². The van der Waals surface area contributed by atoms with E-state index in [4.69, 9.17) is 0 Å². The van der Waals surface area contributed by atoms with Gasteiger partial charge >= 0.3 is 0 Å². The summed E-state index contributed by atoms with van der Waals surface area (Å²) in [4.78, 5) is 13.2. The molecule has 2 heterocycles. The minimum Gasteiger partial charge on any atom is -0.300 e. The summed E-state index contributed by atoms with van der Waals surface area (Å²) in [5.41, 5.74) is 0.363. The van der Waals surface area contributed by atoms with Crippen molar-refractivity contribution in [1.29, 1.82) is 0 Å². The number of rotatable bonds is 6. The molecule has 0 unspecified atom stereocenters. The highest BCUT2D eigenvalue weighted by Crippen LogP contribution is 2.29. The zero-order valence-corrected chi connectivity index (χ0v) is 14.3. The summed E-state index contributed by atoms with van der Waals surface area (Å²) in [7, 11) is 0. The Morgan fingerprint density at radius 2 is 2.09 bits per heavy atom. The Bertz CT molecular complexity index is 789. The number of hydrogen-bond donors (Lipinski definition) is 1. The number of carbonyl (C=O) groups excluding carboxylic acids is 1. The van der Waals surface area contributed by atoms with Crippen molar-refractivity contribution < 1.29 is 9.18 Å². The summed E-state index contributed by atoms with van der Waals surface area (Å²) in [6.07, 6.45) is -0.0239. The van der Waals surface area contributed by atoms with Crippen LogP contribution >= 0.6 is 34.4 Å². The molecule has 0 spiro atoms. The molecule has 0 aliphatic heterocycles. The van der Waals surface area contributed by atoms with Crippen molar-refractivity contribution in [3.05, 3.63) is 58.0 Å². The van der Waals surface area contributed by atoms with Gasteiger partial charge in [-0.3, -0.25) is 4.79 Å². The summed E-state index contributed by atoms with van der Waals surface area (Å²) in [5.74, 6) is 0.142. The molecule has 4 nitrogen and oxygen atoms in total. The van der Waals surface area contributed by atoms with Gasteiger partial charge in [-0.2, -0.15) is 0 Å². The molecule has 8 heteroatoms. The van der Waals surface area contributed by atoms with Crippen LogP contribution in [-0.2, 0) is 17.0 Å². The van der Waals surface area contributed by atoms with Gasteiger partial charge in [0.05, 0.1) is 6.42 Å². The van der Waals surface area contributed by atoms with Crippen LogP contribution in [0.5, 0.6) is 0 Å². The standard InChI is InChI=1S/C15H12FN3OS3/c16-12-6-2-1-4-10(12)8-13(20)17-14-18-19-15(23-14)22-9-11-5-3-7-21-11/h1-7H,8-9H2,(H,17,18,20). The number of hydrogen-bond acceptors (Lipinski definition) is 6. The van der Waals surface area contributed by atoms with E-state index >= 15 is 0 Å². The number of nitrogens with one attached hydrogen (secondary N) is 1. The maximum absolute atomic E-state index is 13.5. The SMILES string of the molecule is O=C(Cc1ccccc1F)Nc1nnc(SCc2cccs2)s1. The number of thiophene rings is 1. The number of halogens is 1. The maximum Gasteiger partial charge on any atom is 0.230 e. The van der Waals surface area contributed by atoms with E-state index in [1.54, 1.807) is 41.3 Å². The second-order valence-electron chi connectivity index (χ2n) is 4.56. The first-order valence-corrected chi connectivity index (χ1v) is 9.41. The first kappa shape index (κ1) is 16.1. The lowest BCUT2D eigenvalue weighted by molar-refractivity contribution is -0.115. The van der Waals surface area contributed by atoms with Crippen molar-refractivity contribution in [1.82, 2.24) is 10.2 Å². The molecule has 3 aromatic rings. The molecular formula is C15H12FN3OS3. The second kappa shape index (κ2) is 7.67. The summed E-state index contributed by atoms with van der Waals surface area (Å²) < 4.78 is 14.3. The molecule has 0 saturated carbocycles. The predicted octanol–water partition coefficient (Wildman–Crippen LogP) is 4.21. The number of nitrogens with zero attached hydrogens (tertiary/aromatic N) is 2. The van der Waals surface area contributed by atoms with E-state index in [2.05, 4.69) is 21.6 Å². The van der Waals surface area contributed by atoms with Crippen LogP contribution in [-0.4, -0.2) is 16.1 Å². The van der Waals surface area contributed by atoms with Crippen LogP contribution in [0.4, 0.5) is 9.52 Å². The highest BCUT2D eigenvalue weighted by atomic mass is 32.2. The van der Waals surface area contributed by atoms with E-state index < -0.39 is 0 Å². The fourth-order valence-corrected chi connectivity index (χ4v) is 4.37. The van der Waals surface area contributed by atoms with E-state index in [0.717, 1.165) is 10.1 Å². The van der Waals surface area contributed by atoms with Crippen molar-refractivity contribution >= 4 is 45.5 Å². The third kappa shape index (κ3) is 4.60. The van der Waals surface area contributed by atoms with Gasteiger partial charge in [0.1, 0.15) is 5.82 Å². The number of benzene rings is 1. The Morgan fingerprint density at radius 3 is 2.87 bits per heavy atom. The molecule has 0 fully saturated rings. The van der Waals surface area contributed by atoms with E-state index in [-0.39, 0.29) is 18.1 Å². The fourth-order valence-electron chi connectivity index (χ4n) is 1.82. The van der Waals surface area contributed by atoms with Gasteiger partial charge in [0.15, 0.2) is 4.34 Å². The Morgan fingerprint density at radius 1 is 1.22 bits per heavy atom. The Kier molecular flexibility index (Phi) is 5.37. The van der Waals surface area contributed by atoms with E-state index in [1.807, 2.05) is 11.4 Å². The number of thioether (sulfide) groups is 1. The lowest BCUT2D eigenvalue weighted by atomic mass is 10.1. The molecule has 0 atom stereocenters.